The predicted octanol–water partition coefficient (Wildman–Crippen LogP) is 4.39. The second kappa shape index (κ2) is 8.75. The van der Waals surface area contributed by atoms with Gasteiger partial charge in [-0.05, 0) is 36.6 Å². The van der Waals surface area contributed by atoms with Crippen molar-refractivity contribution in [1.29, 1.82) is 0 Å². The molecule has 1 amide bonds. The average molecular weight is 410 g/mol. The molecule has 0 N–H and O–H groups in total. The zero-order chi connectivity index (χ0) is 21.1. The van der Waals surface area contributed by atoms with Crippen LogP contribution in [0.4, 0.5) is 13.6 Å². The Hall–Kier alpha value is -3.06. The number of benzene rings is 2. The van der Waals surface area contributed by atoms with Crippen LogP contribution in [0.1, 0.15) is 18.4 Å². The van der Waals surface area contributed by atoms with E-state index in [0.717, 1.165) is 44.6 Å². The second-order valence-corrected chi connectivity index (χ2v) is 7.68. The smallest absolute Gasteiger partial charge is 0.324 e. The van der Waals surface area contributed by atoms with Crippen molar-refractivity contribution < 1.29 is 13.6 Å². The molecular weight excluding hydrogens is 386 g/mol. The third kappa shape index (κ3) is 4.41. The molecule has 0 aliphatic carbocycles. The summed E-state index contributed by atoms with van der Waals surface area (Å²) in [6.07, 6.45) is 4.77. The van der Waals surface area contributed by atoms with Gasteiger partial charge >= 0.3 is 6.03 Å². The molecule has 2 heterocycles. The van der Waals surface area contributed by atoms with Crippen LogP contribution in [0.5, 0.6) is 0 Å². The molecule has 1 aromatic heterocycles. The van der Waals surface area contributed by atoms with Gasteiger partial charge in [0.1, 0.15) is 6.33 Å². The summed E-state index contributed by atoms with van der Waals surface area (Å²) >= 11 is 0. The van der Waals surface area contributed by atoms with E-state index in [1.807, 2.05) is 18.2 Å². The highest BCUT2D eigenvalue weighted by molar-refractivity contribution is 5.78. The number of amides is 1. The maximum absolute atomic E-state index is 13.5. The van der Waals surface area contributed by atoms with Gasteiger partial charge in [0.25, 0.3) is 0 Å². The number of piperidine rings is 1. The number of aromatic nitrogens is 2. The SMILES string of the molecule is CN(C(=O)n1cnc(-c2ccc(F)c(F)c2)c1)C1CCN(Cc2ccccc2)CC1. The number of carbonyl (C=O) groups is 1. The van der Waals surface area contributed by atoms with Crippen molar-refractivity contribution in [2.24, 2.45) is 0 Å². The summed E-state index contributed by atoms with van der Waals surface area (Å²) < 4.78 is 28.0. The molecule has 4 rings (SSSR count). The van der Waals surface area contributed by atoms with Crippen molar-refractivity contribution in [3.8, 4) is 11.3 Å². The van der Waals surface area contributed by atoms with E-state index < -0.39 is 11.6 Å². The Balaban J connectivity index is 1.36. The van der Waals surface area contributed by atoms with Crippen LogP contribution < -0.4 is 0 Å². The molecule has 0 bridgehead atoms. The molecule has 1 aliphatic heterocycles. The van der Waals surface area contributed by atoms with Gasteiger partial charge in [0.05, 0.1) is 5.69 Å². The predicted molar refractivity (Wildman–Crippen MR) is 111 cm³/mol. The number of rotatable bonds is 4. The number of halogens is 2. The fourth-order valence-corrected chi connectivity index (χ4v) is 3.88. The Morgan fingerprint density at radius 3 is 2.53 bits per heavy atom. The molecule has 3 aromatic rings. The van der Waals surface area contributed by atoms with Gasteiger partial charge in [-0.1, -0.05) is 30.3 Å². The first-order valence-corrected chi connectivity index (χ1v) is 10.0. The summed E-state index contributed by atoms with van der Waals surface area (Å²) in [5.74, 6) is -1.85. The van der Waals surface area contributed by atoms with E-state index in [2.05, 4.69) is 22.0 Å². The Morgan fingerprint density at radius 1 is 1.10 bits per heavy atom. The minimum absolute atomic E-state index is 0.152. The number of hydrogen-bond acceptors (Lipinski definition) is 3. The Labute approximate surface area is 174 Å². The average Bonchev–Trinajstić information content (AvgIpc) is 3.26. The molecule has 0 atom stereocenters. The van der Waals surface area contributed by atoms with Crippen LogP contribution in [0, 0.1) is 11.6 Å². The van der Waals surface area contributed by atoms with Crippen molar-refractivity contribution in [3.63, 3.8) is 0 Å². The van der Waals surface area contributed by atoms with Gasteiger partial charge in [0, 0.05) is 44.5 Å². The summed E-state index contributed by atoms with van der Waals surface area (Å²) in [4.78, 5) is 21.2. The first-order valence-electron chi connectivity index (χ1n) is 10.0. The third-order valence-electron chi connectivity index (χ3n) is 5.67. The molecule has 1 saturated heterocycles. The normalized spacial score (nSPS) is 15.3. The molecular formula is C23H24F2N4O. The van der Waals surface area contributed by atoms with Crippen LogP contribution >= 0.6 is 0 Å². The Bertz CT molecular complexity index is 1010. The topological polar surface area (TPSA) is 41.4 Å². The molecule has 156 valence electrons. The minimum Gasteiger partial charge on any atom is -0.324 e. The monoisotopic (exact) mass is 410 g/mol. The van der Waals surface area contributed by atoms with Gasteiger partial charge in [-0.15, -0.1) is 0 Å². The standard InChI is InChI=1S/C23H24F2N4O/c1-27(19-9-11-28(12-10-19)14-17-5-3-2-4-6-17)23(30)29-15-22(26-16-29)18-7-8-20(24)21(25)13-18/h2-8,13,15-16,19H,9-12,14H2,1H3. The lowest BCUT2D eigenvalue weighted by Gasteiger charge is -2.36. The Kier molecular flexibility index (Phi) is 5.90. The van der Waals surface area contributed by atoms with Crippen molar-refractivity contribution >= 4 is 6.03 Å². The lowest BCUT2D eigenvalue weighted by Crippen LogP contribution is -2.46. The largest absolute Gasteiger partial charge is 0.329 e. The number of hydrogen-bond donors (Lipinski definition) is 0. The summed E-state index contributed by atoms with van der Waals surface area (Å²) in [7, 11) is 1.80. The third-order valence-corrected chi connectivity index (χ3v) is 5.67. The summed E-state index contributed by atoms with van der Waals surface area (Å²) in [6, 6.07) is 13.9. The van der Waals surface area contributed by atoms with E-state index >= 15 is 0 Å². The van der Waals surface area contributed by atoms with Crippen LogP contribution in [0.25, 0.3) is 11.3 Å². The van der Waals surface area contributed by atoms with Crippen LogP contribution in [-0.2, 0) is 6.54 Å². The molecule has 1 aliphatic rings. The molecule has 0 unspecified atom stereocenters. The first-order chi connectivity index (χ1) is 14.5. The lowest BCUT2D eigenvalue weighted by molar-refractivity contribution is 0.132. The fraction of sp³-hybridized carbons (Fsp3) is 0.304. The lowest BCUT2D eigenvalue weighted by atomic mass is 10.0. The van der Waals surface area contributed by atoms with Gasteiger partial charge in [0.2, 0.25) is 0 Å². The van der Waals surface area contributed by atoms with Crippen molar-refractivity contribution in [1.82, 2.24) is 19.4 Å². The van der Waals surface area contributed by atoms with Crippen molar-refractivity contribution in [3.05, 3.63) is 78.3 Å². The van der Waals surface area contributed by atoms with Gasteiger partial charge in [-0.2, -0.15) is 0 Å². The maximum atomic E-state index is 13.5. The Morgan fingerprint density at radius 2 is 1.83 bits per heavy atom. The second-order valence-electron chi connectivity index (χ2n) is 7.68. The minimum atomic E-state index is -0.937. The van der Waals surface area contributed by atoms with Crippen molar-refractivity contribution in [2.45, 2.75) is 25.4 Å². The maximum Gasteiger partial charge on any atom is 0.329 e. The van der Waals surface area contributed by atoms with Crippen molar-refractivity contribution in [2.75, 3.05) is 20.1 Å². The number of imidazole rings is 1. The molecule has 2 aromatic carbocycles. The van der Waals surface area contributed by atoms with Gasteiger partial charge in [0.15, 0.2) is 11.6 Å². The van der Waals surface area contributed by atoms with Crippen LogP contribution in [0.3, 0.4) is 0 Å². The molecule has 7 heteroatoms. The summed E-state index contributed by atoms with van der Waals surface area (Å²) in [6.45, 7) is 2.78. The zero-order valence-electron chi connectivity index (χ0n) is 16.8. The van der Waals surface area contributed by atoms with E-state index in [4.69, 9.17) is 0 Å². The van der Waals surface area contributed by atoms with E-state index in [-0.39, 0.29) is 12.1 Å². The van der Waals surface area contributed by atoms with Crippen LogP contribution in [0.2, 0.25) is 0 Å². The molecule has 0 spiro atoms. The molecule has 30 heavy (non-hydrogen) atoms. The zero-order valence-corrected chi connectivity index (χ0v) is 16.8. The summed E-state index contributed by atoms with van der Waals surface area (Å²) in [5.41, 5.74) is 2.15. The van der Waals surface area contributed by atoms with E-state index in [1.165, 1.54) is 22.5 Å². The van der Waals surface area contributed by atoms with E-state index in [1.54, 1.807) is 18.1 Å². The van der Waals surface area contributed by atoms with Gasteiger partial charge in [-0.25, -0.2) is 18.6 Å². The van der Waals surface area contributed by atoms with E-state index in [0.29, 0.717) is 11.3 Å². The van der Waals surface area contributed by atoms with Crippen LogP contribution in [0.15, 0.2) is 61.1 Å². The molecule has 1 fully saturated rings. The molecule has 0 saturated carbocycles. The highest BCUT2D eigenvalue weighted by atomic mass is 19.2. The first kappa shape index (κ1) is 20.2. The van der Waals surface area contributed by atoms with Gasteiger partial charge < -0.3 is 4.90 Å². The number of likely N-dealkylation sites (tertiary alicyclic amines) is 1. The van der Waals surface area contributed by atoms with E-state index in [9.17, 15) is 13.6 Å². The number of carbonyl (C=O) groups excluding carboxylic acids is 1. The fourth-order valence-electron chi connectivity index (χ4n) is 3.88. The molecule has 0 radical (unpaired) electrons. The molecule has 5 nitrogen and oxygen atoms in total. The highest BCUT2D eigenvalue weighted by Crippen LogP contribution is 2.21. The number of nitrogens with zero attached hydrogens (tertiary/aromatic N) is 4. The highest BCUT2D eigenvalue weighted by Gasteiger charge is 2.26. The summed E-state index contributed by atoms with van der Waals surface area (Å²) in [5, 5.41) is 0. The van der Waals surface area contributed by atoms with Gasteiger partial charge in [-0.3, -0.25) is 9.47 Å². The van der Waals surface area contributed by atoms with Crippen LogP contribution in [-0.4, -0.2) is 51.6 Å². The quantitative estimate of drug-likeness (QED) is 0.641.